The summed E-state index contributed by atoms with van der Waals surface area (Å²) < 4.78 is 0. The van der Waals surface area contributed by atoms with Crippen LogP contribution in [0.1, 0.15) is 32.3 Å². The van der Waals surface area contributed by atoms with Gasteiger partial charge in [0.25, 0.3) is 0 Å². The van der Waals surface area contributed by atoms with Crippen LogP contribution in [0.3, 0.4) is 0 Å². The van der Waals surface area contributed by atoms with Crippen LogP contribution in [0.2, 0.25) is 0 Å². The first-order chi connectivity index (χ1) is 15.0. The maximum absolute atomic E-state index is 12.9. The minimum absolute atomic E-state index is 0.0200. The number of aryl methyl sites for hydroxylation is 1. The van der Waals surface area contributed by atoms with Gasteiger partial charge in [0.05, 0.1) is 12.6 Å². The Balaban J connectivity index is 1.46. The third-order valence-electron chi connectivity index (χ3n) is 6.01. The highest BCUT2D eigenvalue weighted by molar-refractivity contribution is 5.95. The molecule has 1 fully saturated rings. The number of anilines is 2. The molecule has 0 aromatic heterocycles. The number of nitrogens with one attached hydrogen (secondary N) is 2. The van der Waals surface area contributed by atoms with Crippen LogP contribution in [0.25, 0.3) is 0 Å². The van der Waals surface area contributed by atoms with Crippen LogP contribution < -0.4 is 10.6 Å². The van der Waals surface area contributed by atoms with Crippen molar-refractivity contribution in [2.45, 2.75) is 45.2 Å². The largest absolute Gasteiger partial charge is 0.382 e. The van der Waals surface area contributed by atoms with E-state index in [1.807, 2.05) is 49.4 Å². The zero-order valence-electron chi connectivity index (χ0n) is 18.8. The second-order valence-electron chi connectivity index (χ2n) is 8.25. The van der Waals surface area contributed by atoms with Gasteiger partial charge in [-0.1, -0.05) is 43.3 Å². The highest BCUT2D eigenvalue weighted by Crippen LogP contribution is 2.19. The van der Waals surface area contributed by atoms with Crippen molar-refractivity contribution in [1.82, 2.24) is 9.80 Å². The lowest BCUT2D eigenvalue weighted by Crippen LogP contribution is -2.51. The van der Waals surface area contributed by atoms with E-state index in [4.69, 9.17) is 0 Å². The molecule has 0 radical (unpaired) electrons. The van der Waals surface area contributed by atoms with Crippen LogP contribution in [0.15, 0.2) is 54.6 Å². The first kappa shape index (κ1) is 22.8. The SMILES string of the molecule is CCc1ccccc1NC(=O)CN(C)C(=O)C(C)N1CCC(Nc2ccccc2)CC1. The number of para-hydroxylation sites is 2. The van der Waals surface area contributed by atoms with E-state index in [1.165, 1.54) is 4.90 Å². The Morgan fingerprint density at radius 1 is 1.06 bits per heavy atom. The number of amides is 2. The Morgan fingerprint density at radius 2 is 1.71 bits per heavy atom. The fourth-order valence-electron chi connectivity index (χ4n) is 4.11. The predicted octanol–water partition coefficient (Wildman–Crippen LogP) is 3.61. The normalized spacial score (nSPS) is 15.8. The van der Waals surface area contributed by atoms with Gasteiger partial charge in [-0.25, -0.2) is 0 Å². The Morgan fingerprint density at radius 3 is 2.39 bits per heavy atom. The molecule has 2 N–H and O–H groups in total. The monoisotopic (exact) mass is 422 g/mol. The third kappa shape index (κ3) is 6.31. The van der Waals surface area contributed by atoms with Crippen molar-refractivity contribution in [3.63, 3.8) is 0 Å². The molecular weight excluding hydrogens is 388 g/mol. The van der Waals surface area contributed by atoms with Gasteiger partial charge in [0.15, 0.2) is 0 Å². The Labute approximate surface area is 185 Å². The second kappa shape index (κ2) is 11.0. The van der Waals surface area contributed by atoms with Gasteiger partial charge in [-0.2, -0.15) is 0 Å². The van der Waals surface area contributed by atoms with Crippen molar-refractivity contribution in [3.8, 4) is 0 Å². The molecule has 6 heteroatoms. The lowest BCUT2D eigenvalue weighted by molar-refractivity contribution is -0.138. The summed E-state index contributed by atoms with van der Waals surface area (Å²) >= 11 is 0. The van der Waals surface area contributed by atoms with Crippen LogP contribution in [-0.4, -0.2) is 60.4 Å². The van der Waals surface area contributed by atoms with Crippen molar-refractivity contribution in [2.24, 2.45) is 0 Å². The first-order valence-corrected chi connectivity index (χ1v) is 11.2. The van der Waals surface area contributed by atoms with Crippen molar-refractivity contribution in [2.75, 3.05) is 37.3 Å². The summed E-state index contributed by atoms with van der Waals surface area (Å²) in [5.74, 6) is -0.192. The van der Waals surface area contributed by atoms with Gasteiger partial charge in [0, 0.05) is 37.6 Å². The summed E-state index contributed by atoms with van der Waals surface area (Å²) in [6.45, 7) is 5.77. The molecule has 3 rings (SSSR count). The molecule has 2 aromatic rings. The number of piperidine rings is 1. The molecule has 2 amide bonds. The van der Waals surface area contributed by atoms with E-state index >= 15 is 0 Å². The molecule has 1 aliphatic heterocycles. The minimum atomic E-state index is -0.238. The molecule has 1 aliphatic rings. The van der Waals surface area contributed by atoms with Crippen molar-refractivity contribution >= 4 is 23.2 Å². The molecule has 1 unspecified atom stereocenters. The fourth-order valence-corrected chi connectivity index (χ4v) is 4.11. The number of hydrogen-bond donors (Lipinski definition) is 2. The molecule has 166 valence electrons. The molecular formula is C25H34N4O2. The molecule has 0 saturated carbocycles. The van der Waals surface area contributed by atoms with Gasteiger partial charge in [-0.3, -0.25) is 14.5 Å². The molecule has 0 spiro atoms. The van der Waals surface area contributed by atoms with E-state index in [0.717, 1.165) is 49.3 Å². The average molecular weight is 423 g/mol. The smallest absolute Gasteiger partial charge is 0.243 e. The van der Waals surface area contributed by atoms with Crippen LogP contribution in [0.4, 0.5) is 11.4 Å². The number of carbonyl (C=O) groups excluding carboxylic acids is 2. The van der Waals surface area contributed by atoms with Crippen LogP contribution in [0, 0.1) is 0 Å². The summed E-state index contributed by atoms with van der Waals surface area (Å²) in [5.41, 5.74) is 3.04. The first-order valence-electron chi connectivity index (χ1n) is 11.2. The predicted molar refractivity (Wildman–Crippen MR) is 126 cm³/mol. The Bertz CT molecular complexity index is 863. The molecule has 0 bridgehead atoms. The van der Waals surface area contributed by atoms with Crippen LogP contribution in [-0.2, 0) is 16.0 Å². The Kier molecular flexibility index (Phi) is 8.06. The molecule has 1 saturated heterocycles. The molecule has 31 heavy (non-hydrogen) atoms. The topological polar surface area (TPSA) is 64.7 Å². The van der Waals surface area contributed by atoms with Crippen molar-refractivity contribution < 1.29 is 9.59 Å². The van der Waals surface area contributed by atoms with E-state index in [-0.39, 0.29) is 24.4 Å². The van der Waals surface area contributed by atoms with Crippen molar-refractivity contribution in [1.29, 1.82) is 0 Å². The quantitative estimate of drug-likeness (QED) is 0.682. The lowest BCUT2D eigenvalue weighted by atomic mass is 10.0. The lowest BCUT2D eigenvalue weighted by Gasteiger charge is -2.37. The van der Waals surface area contributed by atoms with E-state index in [9.17, 15) is 9.59 Å². The van der Waals surface area contributed by atoms with E-state index in [2.05, 4.69) is 34.6 Å². The number of hydrogen-bond acceptors (Lipinski definition) is 4. The third-order valence-corrected chi connectivity index (χ3v) is 6.01. The Hall–Kier alpha value is -2.86. The summed E-state index contributed by atoms with van der Waals surface area (Å²) in [5, 5.41) is 6.52. The standard InChI is InChI=1S/C25H34N4O2/c1-4-20-10-8-9-13-23(20)27-24(30)18-28(3)25(31)19(2)29-16-14-22(15-17-29)26-21-11-6-5-7-12-21/h5-13,19,22,26H,4,14-18H2,1-3H3,(H,27,30). The molecule has 6 nitrogen and oxygen atoms in total. The van der Waals surface area contributed by atoms with E-state index in [0.29, 0.717) is 6.04 Å². The number of likely N-dealkylation sites (tertiary alicyclic amines) is 1. The number of rotatable bonds is 8. The van der Waals surface area contributed by atoms with Gasteiger partial charge >= 0.3 is 0 Å². The minimum Gasteiger partial charge on any atom is -0.382 e. The van der Waals surface area contributed by atoms with Gasteiger partial charge in [-0.05, 0) is 49.9 Å². The van der Waals surface area contributed by atoms with Gasteiger partial charge in [0.1, 0.15) is 0 Å². The highest BCUT2D eigenvalue weighted by Gasteiger charge is 2.29. The van der Waals surface area contributed by atoms with Crippen LogP contribution in [0.5, 0.6) is 0 Å². The van der Waals surface area contributed by atoms with E-state index in [1.54, 1.807) is 7.05 Å². The second-order valence-corrected chi connectivity index (χ2v) is 8.25. The highest BCUT2D eigenvalue weighted by atomic mass is 16.2. The molecule has 0 aliphatic carbocycles. The number of nitrogens with zero attached hydrogens (tertiary/aromatic N) is 2. The average Bonchev–Trinajstić information content (AvgIpc) is 2.79. The summed E-state index contributed by atoms with van der Waals surface area (Å²) in [6, 6.07) is 18.2. The van der Waals surface area contributed by atoms with Gasteiger partial charge in [-0.15, -0.1) is 0 Å². The zero-order valence-corrected chi connectivity index (χ0v) is 18.8. The number of benzene rings is 2. The summed E-state index contributed by atoms with van der Waals surface area (Å²) in [4.78, 5) is 29.1. The summed E-state index contributed by atoms with van der Waals surface area (Å²) in [7, 11) is 1.70. The number of carbonyl (C=O) groups is 2. The number of likely N-dealkylation sites (N-methyl/N-ethyl adjacent to an activating group) is 1. The molecule has 1 atom stereocenters. The van der Waals surface area contributed by atoms with E-state index < -0.39 is 0 Å². The van der Waals surface area contributed by atoms with Gasteiger partial charge < -0.3 is 15.5 Å². The maximum Gasteiger partial charge on any atom is 0.243 e. The summed E-state index contributed by atoms with van der Waals surface area (Å²) in [6.07, 6.45) is 2.83. The molecule has 1 heterocycles. The van der Waals surface area contributed by atoms with Gasteiger partial charge in [0.2, 0.25) is 11.8 Å². The van der Waals surface area contributed by atoms with Crippen LogP contribution >= 0.6 is 0 Å². The fraction of sp³-hybridized carbons (Fsp3) is 0.440. The maximum atomic E-state index is 12.9. The zero-order chi connectivity index (χ0) is 22.2. The molecule has 2 aromatic carbocycles. The van der Waals surface area contributed by atoms with Crippen molar-refractivity contribution in [3.05, 3.63) is 60.2 Å².